The van der Waals surface area contributed by atoms with Crippen LogP contribution in [0.2, 0.25) is 0 Å². The number of benzene rings is 4. The molecule has 0 saturated carbocycles. The molecule has 0 spiro atoms. The Morgan fingerprint density at radius 1 is 0.875 bits per heavy atom. The second kappa shape index (κ2) is 7.86. The number of fused-ring (bicyclic) bond motifs is 3. The lowest BCUT2D eigenvalue weighted by atomic mass is 9.83. The monoisotopic (exact) mass is 418 g/mol. The van der Waals surface area contributed by atoms with Crippen molar-refractivity contribution in [2.75, 3.05) is 0 Å². The molecule has 4 aromatic carbocycles. The Balaban J connectivity index is 1.60. The van der Waals surface area contributed by atoms with Gasteiger partial charge in [0.25, 0.3) is 0 Å². The van der Waals surface area contributed by atoms with Crippen molar-refractivity contribution in [1.82, 2.24) is 0 Å². The van der Waals surface area contributed by atoms with Gasteiger partial charge < -0.3 is 9.47 Å². The quantitative estimate of drug-likeness (QED) is 0.211. The predicted molar refractivity (Wildman–Crippen MR) is 128 cm³/mol. The normalized spacial score (nSPS) is 13.8. The van der Waals surface area contributed by atoms with E-state index in [9.17, 15) is 4.79 Å². The third-order valence-electron chi connectivity index (χ3n) is 5.71. The van der Waals surface area contributed by atoms with Crippen LogP contribution >= 0.6 is 0 Å². The molecule has 0 aliphatic carbocycles. The maximum atomic E-state index is 11.9. The third kappa shape index (κ3) is 3.38. The lowest BCUT2D eigenvalue weighted by molar-refractivity contribution is -0.130. The van der Waals surface area contributed by atoms with Gasteiger partial charge in [-0.3, -0.25) is 0 Å². The molecule has 0 atom stereocenters. The summed E-state index contributed by atoms with van der Waals surface area (Å²) < 4.78 is 12.1. The van der Waals surface area contributed by atoms with Gasteiger partial charge in [-0.2, -0.15) is 0 Å². The van der Waals surface area contributed by atoms with Crippen LogP contribution in [-0.4, -0.2) is 5.97 Å². The SMILES string of the molecule is C=C(C)C(=O)Oc1ccc2c3c(ccc2c1)OC(c1ccccc1)(c1ccccc1)C=C3. The zero-order valence-electron chi connectivity index (χ0n) is 17.7. The second-order valence-electron chi connectivity index (χ2n) is 7.93. The highest BCUT2D eigenvalue weighted by Gasteiger charge is 2.37. The molecule has 32 heavy (non-hydrogen) atoms. The number of ether oxygens (including phenoxy) is 2. The maximum Gasteiger partial charge on any atom is 0.338 e. The van der Waals surface area contributed by atoms with Crippen LogP contribution in [0.15, 0.2) is 109 Å². The van der Waals surface area contributed by atoms with Crippen LogP contribution in [0.3, 0.4) is 0 Å². The van der Waals surface area contributed by atoms with Crippen LogP contribution in [0.5, 0.6) is 11.5 Å². The van der Waals surface area contributed by atoms with Crippen LogP contribution in [0, 0.1) is 0 Å². The molecule has 4 aromatic rings. The fraction of sp³-hybridized carbons (Fsp3) is 0.0690. The Morgan fingerprint density at radius 3 is 2.16 bits per heavy atom. The summed E-state index contributed by atoms with van der Waals surface area (Å²) in [6.07, 6.45) is 4.25. The van der Waals surface area contributed by atoms with E-state index in [0.29, 0.717) is 11.3 Å². The highest BCUT2D eigenvalue weighted by molar-refractivity contribution is 5.95. The van der Waals surface area contributed by atoms with Gasteiger partial charge in [0.15, 0.2) is 5.60 Å². The van der Waals surface area contributed by atoms with Gasteiger partial charge in [0.2, 0.25) is 0 Å². The number of hydrogen-bond acceptors (Lipinski definition) is 3. The number of carbonyl (C=O) groups is 1. The van der Waals surface area contributed by atoms with E-state index in [0.717, 1.165) is 33.2 Å². The van der Waals surface area contributed by atoms with Crippen LogP contribution in [0.1, 0.15) is 23.6 Å². The molecule has 1 heterocycles. The van der Waals surface area contributed by atoms with Crippen LogP contribution in [0.4, 0.5) is 0 Å². The smallest absolute Gasteiger partial charge is 0.338 e. The number of carbonyl (C=O) groups excluding carboxylic acids is 1. The largest absolute Gasteiger partial charge is 0.473 e. The molecule has 0 N–H and O–H groups in total. The second-order valence-corrected chi connectivity index (χ2v) is 7.93. The minimum Gasteiger partial charge on any atom is -0.473 e. The van der Waals surface area contributed by atoms with E-state index in [2.05, 4.69) is 43.0 Å². The van der Waals surface area contributed by atoms with Gasteiger partial charge in [0.05, 0.1) is 0 Å². The standard InChI is InChI=1S/C29H22O3/c1-20(2)28(30)31-24-14-15-25-21(19-24)13-16-27-26(25)17-18-29(32-27,22-9-5-3-6-10-22)23-11-7-4-8-12-23/h3-19H,1H2,2H3. The van der Waals surface area contributed by atoms with Crippen molar-refractivity contribution < 1.29 is 14.3 Å². The van der Waals surface area contributed by atoms with Crippen LogP contribution < -0.4 is 9.47 Å². The maximum absolute atomic E-state index is 11.9. The summed E-state index contributed by atoms with van der Waals surface area (Å²) in [5, 5.41) is 2.00. The van der Waals surface area contributed by atoms with E-state index in [1.54, 1.807) is 13.0 Å². The Morgan fingerprint density at radius 2 is 1.53 bits per heavy atom. The number of rotatable bonds is 4. The average Bonchev–Trinajstić information content (AvgIpc) is 2.84. The third-order valence-corrected chi connectivity index (χ3v) is 5.71. The van der Waals surface area contributed by atoms with Gasteiger partial charge in [-0.15, -0.1) is 0 Å². The fourth-order valence-electron chi connectivity index (χ4n) is 4.09. The number of hydrogen-bond donors (Lipinski definition) is 0. The van der Waals surface area contributed by atoms with Crippen molar-refractivity contribution in [3.05, 3.63) is 126 Å². The Kier molecular flexibility index (Phi) is 4.87. The Labute approximate surface area is 187 Å². The van der Waals surface area contributed by atoms with Gasteiger partial charge in [-0.1, -0.05) is 73.3 Å². The summed E-state index contributed by atoms with van der Waals surface area (Å²) in [7, 11) is 0. The molecule has 0 saturated heterocycles. The van der Waals surface area contributed by atoms with Crippen LogP contribution in [0.25, 0.3) is 16.8 Å². The van der Waals surface area contributed by atoms with E-state index in [1.165, 1.54) is 0 Å². The molecule has 0 radical (unpaired) electrons. The highest BCUT2D eigenvalue weighted by atomic mass is 16.5. The van der Waals surface area contributed by atoms with Crippen molar-refractivity contribution in [3.8, 4) is 11.5 Å². The Bertz CT molecular complexity index is 1310. The van der Waals surface area contributed by atoms with Crippen molar-refractivity contribution >= 4 is 22.8 Å². The summed E-state index contributed by atoms with van der Waals surface area (Å²) in [4.78, 5) is 11.9. The molecule has 0 fully saturated rings. The molecule has 3 nitrogen and oxygen atoms in total. The molecule has 0 bridgehead atoms. The van der Waals surface area contributed by atoms with E-state index in [-0.39, 0.29) is 0 Å². The summed E-state index contributed by atoms with van der Waals surface area (Å²) >= 11 is 0. The minimum atomic E-state index is -0.708. The summed E-state index contributed by atoms with van der Waals surface area (Å²) in [6.45, 7) is 5.27. The highest BCUT2D eigenvalue weighted by Crippen LogP contribution is 2.44. The molecule has 1 aliphatic heterocycles. The van der Waals surface area contributed by atoms with Crippen molar-refractivity contribution in [3.63, 3.8) is 0 Å². The molecular weight excluding hydrogens is 396 g/mol. The fourth-order valence-corrected chi connectivity index (χ4v) is 4.09. The first kappa shape index (κ1) is 19.8. The van der Waals surface area contributed by atoms with Crippen molar-refractivity contribution in [2.45, 2.75) is 12.5 Å². The molecular formula is C29H22O3. The molecule has 0 amide bonds. The lowest BCUT2D eigenvalue weighted by Gasteiger charge is -2.36. The van der Waals surface area contributed by atoms with Gasteiger partial charge >= 0.3 is 5.97 Å². The lowest BCUT2D eigenvalue weighted by Crippen LogP contribution is -2.34. The van der Waals surface area contributed by atoms with E-state index >= 15 is 0 Å². The zero-order chi connectivity index (χ0) is 22.1. The summed E-state index contributed by atoms with van der Waals surface area (Å²) in [6, 6.07) is 30.1. The minimum absolute atomic E-state index is 0.366. The van der Waals surface area contributed by atoms with E-state index < -0.39 is 11.6 Å². The first-order valence-corrected chi connectivity index (χ1v) is 10.5. The zero-order valence-corrected chi connectivity index (χ0v) is 17.7. The summed E-state index contributed by atoms with van der Waals surface area (Å²) in [5.41, 5.74) is 2.79. The van der Waals surface area contributed by atoms with Gasteiger partial charge in [-0.25, -0.2) is 4.79 Å². The first-order chi connectivity index (χ1) is 15.6. The molecule has 156 valence electrons. The Hall–Kier alpha value is -4.11. The van der Waals surface area contributed by atoms with Gasteiger partial charge in [-0.05, 0) is 54.1 Å². The van der Waals surface area contributed by atoms with Gasteiger partial charge in [0.1, 0.15) is 11.5 Å². The van der Waals surface area contributed by atoms with Crippen LogP contribution in [-0.2, 0) is 10.4 Å². The van der Waals surface area contributed by atoms with E-state index in [1.807, 2.05) is 60.7 Å². The van der Waals surface area contributed by atoms with E-state index in [4.69, 9.17) is 9.47 Å². The van der Waals surface area contributed by atoms with Gasteiger partial charge in [0, 0.05) is 22.3 Å². The van der Waals surface area contributed by atoms with Crippen molar-refractivity contribution in [2.24, 2.45) is 0 Å². The number of esters is 1. The predicted octanol–water partition coefficient (Wildman–Crippen LogP) is 6.67. The summed E-state index contributed by atoms with van der Waals surface area (Å²) in [5.74, 6) is 0.870. The molecule has 0 unspecified atom stereocenters. The first-order valence-electron chi connectivity index (χ1n) is 10.5. The molecule has 1 aliphatic rings. The average molecular weight is 418 g/mol. The molecule has 5 rings (SSSR count). The molecule has 3 heteroatoms. The van der Waals surface area contributed by atoms with Crippen molar-refractivity contribution in [1.29, 1.82) is 0 Å². The molecule has 0 aromatic heterocycles. The topological polar surface area (TPSA) is 35.5 Å².